The largest absolute Gasteiger partial charge is 0.490 e. The molecule has 0 fully saturated rings. The lowest BCUT2D eigenvalue weighted by molar-refractivity contribution is 0.146. The van der Waals surface area contributed by atoms with Crippen molar-refractivity contribution in [2.24, 2.45) is 0 Å². The van der Waals surface area contributed by atoms with Crippen LogP contribution in [0.2, 0.25) is 0 Å². The quantitative estimate of drug-likeness (QED) is 0.787. The van der Waals surface area contributed by atoms with Gasteiger partial charge in [0.1, 0.15) is 18.4 Å². The number of imidazole rings is 1. The van der Waals surface area contributed by atoms with Gasteiger partial charge in [-0.1, -0.05) is 0 Å². The Morgan fingerprint density at radius 2 is 2.31 bits per heavy atom. The lowest BCUT2D eigenvalue weighted by Crippen LogP contribution is -2.05. The Bertz CT molecular complexity index is 527. The number of nitrogens with one attached hydrogen (secondary N) is 1. The summed E-state index contributed by atoms with van der Waals surface area (Å²) >= 11 is 0. The molecule has 16 heavy (non-hydrogen) atoms. The molecule has 0 atom stereocenters. The molecular formula is C11H11N3O2. The van der Waals surface area contributed by atoms with E-state index in [9.17, 15) is 0 Å². The number of hydrogen-bond acceptors (Lipinski definition) is 4. The minimum absolute atomic E-state index is 0.421. The molecule has 0 aliphatic rings. The lowest BCUT2D eigenvalue weighted by atomic mass is 10.2. The van der Waals surface area contributed by atoms with Gasteiger partial charge in [0, 0.05) is 13.2 Å². The maximum Gasteiger partial charge on any atom is 0.139 e. The summed E-state index contributed by atoms with van der Waals surface area (Å²) < 4.78 is 10.3. The second kappa shape index (κ2) is 4.64. The number of nitriles is 1. The van der Waals surface area contributed by atoms with Gasteiger partial charge >= 0.3 is 0 Å². The monoisotopic (exact) mass is 217 g/mol. The fourth-order valence-corrected chi connectivity index (χ4v) is 1.40. The predicted molar refractivity (Wildman–Crippen MR) is 58.2 cm³/mol. The molecule has 0 aliphatic heterocycles. The van der Waals surface area contributed by atoms with Crippen LogP contribution in [0.15, 0.2) is 18.5 Å². The normalized spacial score (nSPS) is 10.2. The molecule has 1 heterocycles. The molecule has 0 bridgehead atoms. The summed E-state index contributed by atoms with van der Waals surface area (Å²) in [4.78, 5) is 7.05. The molecule has 0 aliphatic carbocycles. The molecule has 0 radical (unpaired) electrons. The summed E-state index contributed by atoms with van der Waals surface area (Å²) in [5.41, 5.74) is 2.10. The number of aromatic amines is 1. The number of rotatable bonds is 4. The highest BCUT2D eigenvalue weighted by Gasteiger charge is 2.07. The van der Waals surface area contributed by atoms with Gasteiger partial charge in [0.25, 0.3) is 0 Å². The molecule has 82 valence electrons. The number of H-pyrrole nitrogens is 1. The fraction of sp³-hybridized carbons (Fsp3) is 0.273. The van der Waals surface area contributed by atoms with Crippen LogP contribution in [-0.4, -0.2) is 30.3 Å². The predicted octanol–water partition coefficient (Wildman–Crippen LogP) is 1.46. The van der Waals surface area contributed by atoms with Crippen LogP contribution in [0.4, 0.5) is 0 Å². The summed E-state index contributed by atoms with van der Waals surface area (Å²) in [7, 11) is 1.60. The Morgan fingerprint density at radius 1 is 1.44 bits per heavy atom. The molecule has 5 heteroatoms. The van der Waals surface area contributed by atoms with Gasteiger partial charge in [0.05, 0.1) is 29.5 Å². The van der Waals surface area contributed by atoms with Crippen molar-refractivity contribution in [2.45, 2.75) is 0 Å². The molecule has 1 aromatic carbocycles. The van der Waals surface area contributed by atoms with Crippen molar-refractivity contribution < 1.29 is 9.47 Å². The Balaban J connectivity index is 2.30. The van der Waals surface area contributed by atoms with Gasteiger partial charge in [-0.15, -0.1) is 0 Å². The van der Waals surface area contributed by atoms with Crippen molar-refractivity contribution in [3.63, 3.8) is 0 Å². The first-order valence-electron chi connectivity index (χ1n) is 4.84. The van der Waals surface area contributed by atoms with Crippen molar-refractivity contribution in [2.75, 3.05) is 20.3 Å². The second-order valence-electron chi connectivity index (χ2n) is 3.22. The van der Waals surface area contributed by atoms with Crippen molar-refractivity contribution in [1.29, 1.82) is 5.26 Å². The average molecular weight is 217 g/mol. The van der Waals surface area contributed by atoms with E-state index in [1.165, 1.54) is 0 Å². The molecule has 0 unspecified atom stereocenters. The van der Waals surface area contributed by atoms with Crippen LogP contribution in [-0.2, 0) is 4.74 Å². The van der Waals surface area contributed by atoms with Crippen LogP contribution in [0, 0.1) is 11.3 Å². The van der Waals surface area contributed by atoms with Crippen LogP contribution in [0.3, 0.4) is 0 Å². The van der Waals surface area contributed by atoms with E-state index in [2.05, 4.69) is 16.0 Å². The van der Waals surface area contributed by atoms with Gasteiger partial charge in [-0.3, -0.25) is 0 Å². The van der Waals surface area contributed by atoms with Gasteiger partial charge in [-0.05, 0) is 6.07 Å². The summed E-state index contributed by atoms with van der Waals surface area (Å²) in [5, 5.41) is 8.97. The molecule has 1 N–H and O–H groups in total. The summed E-state index contributed by atoms with van der Waals surface area (Å²) in [6, 6.07) is 5.56. The Hall–Kier alpha value is -2.06. The zero-order valence-electron chi connectivity index (χ0n) is 8.86. The van der Waals surface area contributed by atoms with Gasteiger partial charge in [0.15, 0.2) is 0 Å². The van der Waals surface area contributed by atoms with Crippen LogP contribution in [0.1, 0.15) is 5.56 Å². The first kappa shape index (κ1) is 10.5. The number of benzene rings is 1. The first-order chi connectivity index (χ1) is 7.85. The van der Waals surface area contributed by atoms with Crippen LogP contribution >= 0.6 is 0 Å². The minimum atomic E-state index is 0.421. The third-order valence-electron chi connectivity index (χ3n) is 2.19. The second-order valence-corrected chi connectivity index (χ2v) is 3.22. The maximum absolute atomic E-state index is 8.97. The van der Waals surface area contributed by atoms with Crippen LogP contribution in [0.25, 0.3) is 11.0 Å². The maximum atomic E-state index is 8.97. The van der Waals surface area contributed by atoms with Gasteiger partial charge in [-0.25, -0.2) is 4.98 Å². The molecule has 1 aromatic heterocycles. The third-order valence-corrected chi connectivity index (χ3v) is 2.19. The van der Waals surface area contributed by atoms with E-state index >= 15 is 0 Å². The molecule has 5 nitrogen and oxygen atoms in total. The molecule has 0 amide bonds. The van der Waals surface area contributed by atoms with Gasteiger partial charge in [-0.2, -0.15) is 5.26 Å². The minimum Gasteiger partial charge on any atom is -0.490 e. The number of methoxy groups -OCH3 is 1. The average Bonchev–Trinajstić information content (AvgIpc) is 2.75. The molecule has 0 saturated carbocycles. The highest BCUT2D eigenvalue weighted by Crippen LogP contribution is 2.23. The number of hydrogen-bond donors (Lipinski definition) is 1. The highest BCUT2D eigenvalue weighted by molar-refractivity contribution is 5.78. The Morgan fingerprint density at radius 3 is 3.06 bits per heavy atom. The molecule has 0 saturated heterocycles. The Kier molecular flexibility index (Phi) is 3.03. The molecular weight excluding hydrogens is 206 g/mol. The van der Waals surface area contributed by atoms with E-state index in [0.29, 0.717) is 24.5 Å². The smallest absolute Gasteiger partial charge is 0.139 e. The number of fused-ring (bicyclic) bond motifs is 1. The zero-order valence-corrected chi connectivity index (χ0v) is 8.86. The third kappa shape index (κ3) is 1.97. The van der Waals surface area contributed by atoms with E-state index in [1.807, 2.05) is 0 Å². The van der Waals surface area contributed by atoms with Crippen LogP contribution < -0.4 is 4.74 Å². The topological polar surface area (TPSA) is 70.9 Å². The van der Waals surface area contributed by atoms with E-state index in [4.69, 9.17) is 14.7 Å². The van der Waals surface area contributed by atoms with Crippen molar-refractivity contribution in [1.82, 2.24) is 9.97 Å². The van der Waals surface area contributed by atoms with Crippen molar-refractivity contribution >= 4 is 11.0 Å². The Labute approximate surface area is 92.6 Å². The molecule has 2 aromatic rings. The lowest BCUT2D eigenvalue weighted by Gasteiger charge is -2.06. The van der Waals surface area contributed by atoms with Crippen molar-refractivity contribution in [3.05, 3.63) is 24.0 Å². The summed E-state index contributed by atoms with van der Waals surface area (Å²) in [6.07, 6.45) is 1.59. The van der Waals surface area contributed by atoms with Crippen molar-refractivity contribution in [3.8, 4) is 11.8 Å². The number of ether oxygens (including phenoxy) is 2. The highest BCUT2D eigenvalue weighted by atomic mass is 16.5. The first-order valence-corrected chi connectivity index (χ1v) is 4.84. The van der Waals surface area contributed by atoms with E-state index in [0.717, 1.165) is 11.0 Å². The van der Waals surface area contributed by atoms with Gasteiger partial charge < -0.3 is 14.5 Å². The van der Waals surface area contributed by atoms with E-state index in [-0.39, 0.29) is 0 Å². The summed E-state index contributed by atoms with van der Waals surface area (Å²) in [6.45, 7) is 0.913. The molecule has 2 rings (SSSR count). The molecule has 0 spiro atoms. The number of aromatic nitrogens is 2. The zero-order chi connectivity index (χ0) is 11.4. The number of nitrogens with zero attached hydrogens (tertiary/aromatic N) is 2. The van der Waals surface area contributed by atoms with E-state index in [1.54, 1.807) is 25.6 Å². The van der Waals surface area contributed by atoms with Gasteiger partial charge in [0.2, 0.25) is 0 Å². The SMILES string of the molecule is COCCOc1cc2[nH]cnc2cc1C#N. The van der Waals surface area contributed by atoms with Crippen LogP contribution in [0.5, 0.6) is 5.75 Å². The van der Waals surface area contributed by atoms with E-state index < -0.39 is 0 Å². The summed E-state index contributed by atoms with van der Waals surface area (Å²) in [5.74, 6) is 0.552. The fourth-order valence-electron chi connectivity index (χ4n) is 1.40. The standard InChI is InChI=1S/C11H11N3O2/c1-15-2-3-16-11-5-10-9(13-7-14-10)4-8(11)6-12/h4-5,7H,2-3H2,1H3,(H,13,14).